The minimum atomic E-state index is -1.50. The van der Waals surface area contributed by atoms with E-state index in [1.54, 1.807) is 49.8 Å². The Balaban J connectivity index is 1.72. The first-order valence-corrected chi connectivity index (χ1v) is 10.9. The molecule has 4 rings (SSSR count). The second-order valence-corrected chi connectivity index (χ2v) is 7.76. The molecule has 7 heteroatoms. The molecular formula is C27H27N3O4. The molecule has 0 bridgehead atoms. The molecule has 4 aromatic rings. The summed E-state index contributed by atoms with van der Waals surface area (Å²) >= 11 is 0. The smallest absolute Gasteiger partial charge is 0.255 e. The van der Waals surface area contributed by atoms with Gasteiger partial charge in [0.15, 0.2) is 0 Å². The Morgan fingerprint density at radius 3 is 2.32 bits per heavy atom. The van der Waals surface area contributed by atoms with Crippen molar-refractivity contribution in [3.63, 3.8) is 0 Å². The summed E-state index contributed by atoms with van der Waals surface area (Å²) in [4.78, 5) is 20.3. The van der Waals surface area contributed by atoms with Crippen molar-refractivity contribution in [3.05, 3.63) is 113 Å². The van der Waals surface area contributed by atoms with Crippen LogP contribution in [0.25, 0.3) is 0 Å². The third kappa shape index (κ3) is 4.65. The molecule has 7 nitrogen and oxygen atoms in total. The largest absolute Gasteiger partial charge is 0.497 e. The van der Waals surface area contributed by atoms with Gasteiger partial charge < -0.3 is 24.9 Å². The maximum Gasteiger partial charge on any atom is 0.255 e. The lowest BCUT2D eigenvalue weighted by atomic mass is 9.80. The number of aromatic nitrogens is 2. The average Bonchev–Trinajstić information content (AvgIpc) is 3.42. The summed E-state index contributed by atoms with van der Waals surface area (Å²) in [6, 6.07) is 21.7. The number of hydrogen-bond donors (Lipinski definition) is 3. The monoisotopic (exact) mass is 457 g/mol. The predicted molar refractivity (Wildman–Crippen MR) is 129 cm³/mol. The molecule has 1 atom stereocenters. The highest BCUT2D eigenvalue weighted by Gasteiger charge is 2.35. The van der Waals surface area contributed by atoms with Gasteiger partial charge in [0.2, 0.25) is 0 Å². The zero-order valence-electron chi connectivity index (χ0n) is 19.1. The van der Waals surface area contributed by atoms with Gasteiger partial charge in [-0.05, 0) is 41.0 Å². The Kier molecular flexibility index (Phi) is 6.94. The fourth-order valence-corrected chi connectivity index (χ4v) is 3.95. The maximum atomic E-state index is 13.1. The summed E-state index contributed by atoms with van der Waals surface area (Å²) in [6.07, 6.45) is 3.99. The molecule has 0 aliphatic heterocycles. The van der Waals surface area contributed by atoms with Crippen LogP contribution in [0, 0.1) is 0 Å². The standard InChI is InChI=1S/C27H27N3O4/c1-33-22-11-8-20(9-12-22)27(32,19-6-4-3-5-7-19)21-10-13-24(34-2)23(18-21)26(31)30-15-14-25-28-16-17-29-25/h3-13,16-18,32H,14-15H2,1-2H3,(H,28,29)(H,30,31). The van der Waals surface area contributed by atoms with E-state index in [9.17, 15) is 9.90 Å². The minimum Gasteiger partial charge on any atom is -0.497 e. The van der Waals surface area contributed by atoms with E-state index in [2.05, 4.69) is 15.3 Å². The van der Waals surface area contributed by atoms with Gasteiger partial charge in [-0.25, -0.2) is 4.98 Å². The highest BCUT2D eigenvalue weighted by atomic mass is 16.5. The van der Waals surface area contributed by atoms with Gasteiger partial charge in [0.1, 0.15) is 22.9 Å². The number of ether oxygens (including phenoxy) is 2. The predicted octanol–water partition coefficient (Wildman–Crippen LogP) is 3.68. The molecule has 0 fully saturated rings. The van der Waals surface area contributed by atoms with E-state index in [1.807, 2.05) is 42.5 Å². The van der Waals surface area contributed by atoms with E-state index in [0.717, 1.165) is 5.82 Å². The van der Waals surface area contributed by atoms with Crippen molar-refractivity contribution in [1.82, 2.24) is 15.3 Å². The molecule has 34 heavy (non-hydrogen) atoms. The van der Waals surface area contributed by atoms with Gasteiger partial charge in [-0.1, -0.05) is 48.5 Å². The summed E-state index contributed by atoms with van der Waals surface area (Å²) in [7, 11) is 3.11. The lowest BCUT2D eigenvalue weighted by Crippen LogP contribution is -2.30. The van der Waals surface area contributed by atoms with E-state index >= 15 is 0 Å². The third-order valence-corrected chi connectivity index (χ3v) is 5.76. The number of amides is 1. The first-order valence-electron chi connectivity index (χ1n) is 10.9. The Morgan fingerprint density at radius 2 is 1.68 bits per heavy atom. The summed E-state index contributed by atoms with van der Waals surface area (Å²) in [5.74, 6) is 1.60. The molecule has 0 saturated heterocycles. The maximum absolute atomic E-state index is 13.1. The van der Waals surface area contributed by atoms with Crippen LogP contribution in [0.15, 0.2) is 85.2 Å². The zero-order chi connectivity index (χ0) is 24.0. The van der Waals surface area contributed by atoms with Gasteiger partial charge in [-0.15, -0.1) is 0 Å². The van der Waals surface area contributed by atoms with Gasteiger partial charge in [0.05, 0.1) is 19.8 Å². The zero-order valence-corrected chi connectivity index (χ0v) is 19.1. The molecule has 0 spiro atoms. The number of nitrogens with one attached hydrogen (secondary N) is 2. The van der Waals surface area contributed by atoms with Crippen molar-refractivity contribution < 1.29 is 19.4 Å². The van der Waals surface area contributed by atoms with Crippen molar-refractivity contribution in [2.75, 3.05) is 20.8 Å². The molecule has 1 heterocycles. The number of rotatable bonds is 9. The fourth-order valence-electron chi connectivity index (χ4n) is 3.95. The number of aromatic amines is 1. The van der Waals surface area contributed by atoms with E-state index in [4.69, 9.17) is 9.47 Å². The second-order valence-electron chi connectivity index (χ2n) is 7.76. The van der Waals surface area contributed by atoms with Crippen LogP contribution in [0.4, 0.5) is 0 Å². The summed E-state index contributed by atoms with van der Waals surface area (Å²) in [5.41, 5.74) is 0.703. The lowest BCUT2D eigenvalue weighted by molar-refractivity contribution is 0.0949. The van der Waals surface area contributed by atoms with Crippen LogP contribution in [0.3, 0.4) is 0 Å². The van der Waals surface area contributed by atoms with Crippen LogP contribution in [-0.2, 0) is 12.0 Å². The van der Waals surface area contributed by atoms with Crippen LogP contribution < -0.4 is 14.8 Å². The van der Waals surface area contributed by atoms with Crippen LogP contribution in [-0.4, -0.2) is 41.7 Å². The van der Waals surface area contributed by atoms with Crippen LogP contribution in [0.2, 0.25) is 0 Å². The topological polar surface area (TPSA) is 96.5 Å². The van der Waals surface area contributed by atoms with Crippen LogP contribution in [0.5, 0.6) is 11.5 Å². The minimum absolute atomic E-state index is 0.296. The van der Waals surface area contributed by atoms with Gasteiger partial charge in [0, 0.05) is 25.4 Å². The first-order chi connectivity index (χ1) is 16.6. The van der Waals surface area contributed by atoms with Gasteiger partial charge in [-0.3, -0.25) is 4.79 Å². The second kappa shape index (κ2) is 10.2. The third-order valence-electron chi connectivity index (χ3n) is 5.76. The molecule has 3 aromatic carbocycles. The molecule has 1 amide bonds. The van der Waals surface area contributed by atoms with E-state index in [-0.39, 0.29) is 5.91 Å². The molecule has 1 aromatic heterocycles. The molecule has 3 N–H and O–H groups in total. The molecular weight excluding hydrogens is 430 g/mol. The normalized spacial score (nSPS) is 12.6. The number of imidazole rings is 1. The number of carbonyl (C=O) groups excluding carboxylic acids is 1. The molecule has 0 saturated carbocycles. The van der Waals surface area contributed by atoms with Gasteiger partial charge >= 0.3 is 0 Å². The summed E-state index contributed by atoms with van der Waals surface area (Å²) < 4.78 is 10.7. The quantitative estimate of drug-likeness (QED) is 0.333. The van der Waals surface area contributed by atoms with Gasteiger partial charge in [-0.2, -0.15) is 0 Å². The highest BCUT2D eigenvalue weighted by Crippen LogP contribution is 2.39. The number of hydrogen-bond acceptors (Lipinski definition) is 5. The number of aliphatic hydroxyl groups is 1. The summed E-state index contributed by atoms with van der Waals surface area (Å²) in [5, 5.41) is 15.0. The van der Waals surface area contributed by atoms with E-state index in [0.29, 0.717) is 46.7 Å². The van der Waals surface area contributed by atoms with Crippen molar-refractivity contribution in [1.29, 1.82) is 0 Å². The number of carbonyl (C=O) groups is 1. The average molecular weight is 458 g/mol. The van der Waals surface area contributed by atoms with Gasteiger partial charge in [0.25, 0.3) is 5.91 Å². The molecule has 0 radical (unpaired) electrons. The molecule has 0 aliphatic carbocycles. The number of benzene rings is 3. The van der Waals surface area contributed by atoms with Crippen LogP contribution >= 0.6 is 0 Å². The Bertz CT molecular complexity index is 1220. The number of H-pyrrole nitrogens is 1. The van der Waals surface area contributed by atoms with Crippen molar-refractivity contribution >= 4 is 5.91 Å². The van der Waals surface area contributed by atoms with E-state index in [1.165, 1.54) is 7.11 Å². The van der Waals surface area contributed by atoms with Crippen molar-refractivity contribution in [2.24, 2.45) is 0 Å². The van der Waals surface area contributed by atoms with E-state index < -0.39 is 5.60 Å². The van der Waals surface area contributed by atoms with Crippen molar-refractivity contribution in [2.45, 2.75) is 12.0 Å². The highest BCUT2D eigenvalue weighted by molar-refractivity contribution is 5.97. The lowest BCUT2D eigenvalue weighted by Gasteiger charge is -2.31. The molecule has 1 unspecified atom stereocenters. The Labute approximate surface area is 198 Å². The summed E-state index contributed by atoms with van der Waals surface area (Å²) in [6.45, 7) is 0.404. The molecule has 174 valence electrons. The first kappa shape index (κ1) is 23.1. The number of methoxy groups -OCH3 is 2. The fraction of sp³-hybridized carbons (Fsp3) is 0.185. The SMILES string of the molecule is COc1ccc(C(O)(c2ccccc2)c2ccc(OC)c(C(=O)NCCc3ncc[nH]3)c2)cc1. The molecule has 0 aliphatic rings. The van der Waals surface area contributed by atoms with Crippen LogP contribution in [0.1, 0.15) is 32.9 Å². The number of nitrogens with zero attached hydrogens (tertiary/aromatic N) is 1. The Morgan fingerprint density at radius 1 is 0.971 bits per heavy atom. The van der Waals surface area contributed by atoms with Crippen molar-refractivity contribution in [3.8, 4) is 11.5 Å². The Hall–Kier alpha value is -4.10.